The van der Waals surface area contributed by atoms with E-state index in [1.54, 1.807) is 31.2 Å². The van der Waals surface area contributed by atoms with Crippen LogP contribution in [0.25, 0.3) is 5.69 Å². The molecule has 9 nitrogen and oxygen atoms in total. The highest BCUT2D eigenvalue weighted by Gasteiger charge is 2.26. The normalized spacial score (nSPS) is 15.0. The van der Waals surface area contributed by atoms with Crippen molar-refractivity contribution in [1.29, 1.82) is 0 Å². The van der Waals surface area contributed by atoms with E-state index in [4.69, 9.17) is 0 Å². The van der Waals surface area contributed by atoms with Crippen LogP contribution in [0, 0.1) is 0 Å². The second kappa shape index (κ2) is 6.17. The van der Waals surface area contributed by atoms with Crippen molar-refractivity contribution >= 4 is 11.7 Å². The highest BCUT2D eigenvalue weighted by atomic mass is 16.2. The number of carbonyl (C=O) groups is 1. The first-order valence-electron chi connectivity index (χ1n) is 8.39. The molecule has 4 rings (SSSR count). The Morgan fingerprint density at radius 1 is 1.19 bits per heavy atom. The summed E-state index contributed by atoms with van der Waals surface area (Å²) in [6, 6.07) is 8.57. The first-order valence-corrected chi connectivity index (χ1v) is 8.39. The van der Waals surface area contributed by atoms with E-state index in [2.05, 4.69) is 25.7 Å². The highest BCUT2D eigenvalue weighted by molar-refractivity contribution is 5.94. The standard InChI is InChI=1S/C17H18N6O3/c1-9(15(24)18-14-8-13(19-20-14)11-2-3-11)10-4-6-12(7-5-10)23-16(25)21-22-17(23)26/h4-9,11H,2-3H2,1H3,(H,21,25)(H,22,26)(H2,18,19,20,24). The summed E-state index contributed by atoms with van der Waals surface area (Å²) in [7, 11) is 0. The Morgan fingerprint density at radius 2 is 1.85 bits per heavy atom. The molecule has 2 heterocycles. The number of carbonyl (C=O) groups excluding carboxylic acids is 1. The molecule has 0 bridgehead atoms. The van der Waals surface area contributed by atoms with Crippen LogP contribution in [0.4, 0.5) is 5.82 Å². The smallest absolute Gasteiger partial charge is 0.309 e. The summed E-state index contributed by atoms with van der Waals surface area (Å²) in [4.78, 5) is 35.7. The van der Waals surface area contributed by atoms with Crippen LogP contribution < -0.4 is 16.7 Å². The molecule has 1 atom stereocenters. The van der Waals surface area contributed by atoms with Crippen LogP contribution in [0.15, 0.2) is 39.9 Å². The Bertz CT molecular complexity index is 1020. The molecule has 1 saturated carbocycles. The second-order valence-corrected chi connectivity index (χ2v) is 6.48. The van der Waals surface area contributed by atoms with Crippen molar-refractivity contribution in [2.45, 2.75) is 31.6 Å². The van der Waals surface area contributed by atoms with Crippen LogP contribution in [0.5, 0.6) is 0 Å². The monoisotopic (exact) mass is 354 g/mol. The topological polar surface area (TPSA) is 128 Å². The van der Waals surface area contributed by atoms with Crippen molar-refractivity contribution in [1.82, 2.24) is 25.0 Å². The van der Waals surface area contributed by atoms with Crippen molar-refractivity contribution in [2.24, 2.45) is 0 Å². The Morgan fingerprint density at radius 3 is 2.46 bits per heavy atom. The number of benzene rings is 1. The molecular weight excluding hydrogens is 336 g/mol. The molecule has 1 fully saturated rings. The third-order valence-corrected chi connectivity index (χ3v) is 4.59. The van der Waals surface area contributed by atoms with Gasteiger partial charge in [0.2, 0.25) is 5.91 Å². The molecule has 0 aliphatic heterocycles. The van der Waals surface area contributed by atoms with Crippen LogP contribution in [-0.4, -0.2) is 30.9 Å². The Balaban J connectivity index is 1.48. The predicted octanol–water partition coefficient (Wildman–Crippen LogP) is 1.20. The molecule has 0 radical (unpaired) electrons. The number of aromatic amines is 3. The van der Waals surface area contributed by atoms with Gasteiger partial charge in [0, 0.05) is 17.7 Å². The molecule has 26 heavy (non-hydrogen) atoms. The van der Waals surface area contributed by atoms with Gasteiger partial charge in [-0.3, -0.25) is 9.89 Å². The molecule has 0 saturated heterocycles. The summed E-state index contributed by atoms with van der Waals surface area (Å²) in [6.07, 6.45) is 2.32. The Labute approximate surface area is 147 Å². The molecule has 1 aliphatic rings. The minimum atomic E-state index is -0.543. The zero-order valence-corrected chi connectivity index (χ0v) is 14.1. The van der Waals surface area contributed by atoms with Gasteiger partial charge in [-0.25, -0.2) is 24.4 Å². The summed E-state index contributed by atoms with van der Waals surface area (Å²) in [6.45, 7) is 1.79. The number of H-pyrrole nitrogens is 3. The van der Waals surface area contributed by atoms with Gasteiger partial charge < -0.3 is 5.32 Å². The molecule has 0 spiro atoms. The first kappa shape index (κ1) is 16.1. The van der Waals surface area contributed by atoms with Gasteiger partial charge >= 0.3 is 11.4 Å². The van der Waals surface area contributed by atoms with Crippen LogP contribution >= 0.6 is 0 Å². The van der Waals surface area contributed by atoms with E-state index >= 15 is 0 Å². The van der Waals surface area contributed by atoms with Gasteiger partial charge in [0.05, 0.1) is 11.6 Å². The predicted molar refractivity (Wildman–Crippen MR) is 94.6 cm³/mol. The van der Waals surface area contributed by atoms with Crippen molar-refractivity contribution < 1.29 is 4.79 Å². The number of amides is 1. The number of hydrogen-bond acceptors (Lipinski definition) is 4. The molecule has 1 aliphatic carbocycles. The zero-order valence-electron chi connectivity index (χ0n) is 14.1. The summed E-state index contributed by atoms with van der Waals surface area (Å²) < 4.78 is 0.984. The number of anilines is 1. The largest absolute Gasteiger partial charge is 0.348 e. The minimum Gasteiger partial charge on any atom is -0.309 e. The van der Waals surface area contributed by atoms with Gasteiger partial charge in [-0.1, -0.05) is 12.1 Å². The molecule has 1 amide bonds. The molecule has 9 heteroatoms. The fraction of sp³-hybridized carbons (Fsp3) is 0.294. The number of hydrogen-bond donors (Lipinski definition) is 4. The number of rotatable bonds is 5. The highest BCUT2D eigenvalue weighted by Crippen LogP contribution is 2.39. The Hall–Kier alpha value is -3.36. The van der Waals surface area contributed by atoms with Gasteiger partial charge in [0.15, 0.2) is 5.82 Å². The summed E-state index contributed by atoms with van der Waals surface area (Å²) in [5.41, 5.74) is 1.16. The maximum Gasteiger partial charge on any atom is 0.348 e. The lowest BCUT2D eigenvalue weighted by Gasteiger charge is -2.11. The quantitative estimate of drug-likeness (QED) is 0.549. The summed E-state index contributed by atoms with van der Waals surface area (Å²) in [5.74, 6) is 0.471. The van der Waals surface area contributed by atoms with Crippen LogP contribution in [0.1, 0.15) is 42.9 Å². The number of nitrogens with zero attached hydrogens (tertiary/aromatic N) is 2. The molecular formula is C17H18N6O3. The molecule has 1 unspecified atom stereocenters. The van der Waals surface area contributed by atoms with Crippen molar-refractivity contribution in [3.63, 3.8) is 0 Å². The Kier molecular flexibility index (Phi) is 3.83. The number of nitrogens with one attached hydrogen (secondary N) is 4. The van der Waals surface area contributed by atoms with Crippen LogP contribution in [0.3, 0.4) is 0 Å². The SMILES string of the molecule is CC(C(=O)Nc1cc(C2CC2)[nH]n1)c1ccc(-n2c(=O)[nH][nH]c2=O)cc1. The van der Waals surface area contributed by atoms with Crippen LogP contribution in [0.2, 0.25) is 0 Å². The third-order valence-electron chi connectivity index (χ3n) is 4.59. The van der Waals surface area contributed by atoms with Crippen molar-refractivity contribution in [3.8, 4) is 5.69 Å². The van der Waals surface area contributed by atoms with Gasteiger partial charge in [0.25, 0.3) is 0 Å². The summed E-state index contributed by atoms with van der Waals surface area (Å²) >= 11 is 0. The van der Waals surface area contributed by atoms with E-state index in [1.165, 1.54) is 0 Å². The van der Waals surface area contributed by atoms with E-state index < -0.39 is 17.3 Å². The lowest BCUT2D eigenvalue weighted by molar-refractivity contribution is -0.117. The number of aromatic nitrogens is 5. The van der Waals surface area contributed by atoms with Gasteiger partial charge in [-0.05, 0) is 37.5 Å². The van der Waals surface area contributed by atoms with Crippen LogP contribution in [-0.2, 0) is 4.79 Å². The zero-order chi connectivity index (χ0) is 18.3. The maximum atomic E-state index is 12.4. The van der Waals surface area contributed by atoms with Crippen molar-refractivity contribution in [2.75, 3.05) is 5.32 Å². The van der Waals surface area contributed by atoms with Gasteiger partial charge in [-0.15, -0.1) is 0 Å². The average Bonchev–Trinajstić information content (AvgIpc) is 3.30. The second-order valence-electron chi connectivity index (χ2n) is 6.48. The minimum absolute atomic E-state index is 0.178. The van der Waals surface area contributed by atoms with Gasteiger partial charge in [-0.2, -0.15) is 5.10 Å². The lowest BCUT2D eigenvalue weighted by atomic mass is 10.00. The van der Waals surface area contributed by atoms with E-state index in [0.29, 0.717) is 17.4 Å². The fourth-order valence-corrected chi connectivity index (χ4v) is 2.85. The van der Waals surface area contributed by atoms with E-state index in [-0.39, 0.29) is 5.91 Å². The van der Waals surface area contributed by atoms with E-state index in [0.717, 1.165) is 28.7 Å². The van der Waals surface area contributed by atoms with Crippen molar-refractivity contribution in [3.05, 3.63) is 62.6 Å². The molecule has 3 aromatic rings. The van der Waals surface area contributed by atoms with Gasteiger partial charge in [0.1, 0.15) is 0 Å². The first-order chi connectivity index (χ1) is 12.5. The van der Waals surface area contributed by atoms with E-state index in [9.17, 15) is 14.4 Å². The molecule has 1 aromatic carbocycles. The average molecular weight is 354 g/mol. The molecule has 2 aromatic heterocycles. The van der Waals surface area contributed by atoms with E-state index in [1.807, 2.05) is 6.07 Å². The molecule has 134 valence electrons. The lowest BCUT2D eigenvalue weighted by Crippen LogP contribution is -2.24. The third kappa shape index (κ3) is 2.99. The fourth-order valence-electron chi connectivity index (χ4n) is 2.85. The summed E-state index contributed by atoms with van der Waals surface area (Å²) in [5, 5.41) is 14.3. The molecule has 4 N–H and O–H groups in total. The maximum absolute atomic E-state index is 12.4.